The molecule has 2 aromatic heterocycles. The summed E-state index contributed by atoms with van der Waals surface area (Å²) in [6, 6.07) is 0. The first-order valence-corrected chi connectivity index (χ1v) is 4.45. The highest BCUT2D eigenvalue weighted by Crippen LogP contribution is 2.18. The van der Waals surface area contributed by atoms with Gasteiger partial charge in [-0.1, -0.05) is 0 Å². The Morgan fingerprint density at radius 2 is 2.29 bits per heavy atom. The van der Waals surface area contributed by atoms with Gasteiger partial charge in [0.25, 0.3) is 0 Å². The molecule has 9 heteroatoms. The number of aromatic carboxylic acids is 1. The lowest BCUT2D eigenvalue weighted by molar-refractivity contribution is -0.385. The zero-order valence-electron chi connectivity index (χ0n) is 8.64. The second-order valence-electron chi connectivity index (χ2n) is 3.21. The van der Waals surface area contributed by atoms with Crippen molar-refractivity contribution in [1.29, 1.82) is 0 Å². The lowest BCUT2D eigenvalue weighted by Gasteiger charge is -1.98. The van der Waals surface area contributed by atoms with Gasteiger partial charge in [0.15, 0.2) is 0 Å². The van der Waals surface area contributed by atoms with E-state index in [1.165, 1.54) is 6.20 Å². The highest BCUT2D eigenvalue weighted by molar-refractivity contribution is 5.89. The van der Waals surface area contributed by atoms with Crippen LogP contribution in [0.15, 0.2) is 18.6 Å². The van der Waals surface area contributed by atoms with Crippen LogP contribution in [0.4, 0.5) is 5.69 Å². The normalized spacial score (nSPS) is 10.4. The number of nitrogens with zero attached hydrogens (tertiary/aromatic N) is 5. The van der Waals surface area contributed by atoms with Crippen LogP contribution < -0.4 is 0 Å². The molecule has 1 N–H and O–H groups in total. The number of aryl methyl sites for hydroxylation is 1. The van der Waals surface area contributed by atoms with Gasteiger partial charge in [0.1, 0.15) is 6.20 Å². The molecule has 0 aromatic carbocycles. The Hall–Kier alpha value is -2.71. The number of hydrogen-bond donors (Lipinski definition) is 1. The van der Waals surface area contributed by atoms with Gasteiger partial charge in [-0.05, 0) is 0 Å². The van der Waals surface area contributed by atoms with E-state index in [2.05, 4.69) is 10.1 Å². The van der Waals surface area contributed by atoms with E-state index >= 15 is 0 Å². The molecule has 0 aliphatic rings. The van der Waals surface area contributed by atoms with Gasteiger partial charge >= 0.3 is 11.7 Å². The second kappa shape index (κ2) is 3.70. The topological polar surface area (TPSA) is 116 Å². The summed E-state index contributed by atoms with van der Waals surface area (Å²) < 4.78 is 2.62. The van der Waals surface area contributed by atoms with Crippen LogP contribution in [0.5, 0.6) is 0 Å². The van der Waals surface area contributed by atoms with Gasteiger partial charge in [-0.2, -0.15) is 9.78 Å². The smallest absolute Gasteiger partial charge is 0.363 e. The zero-order chi connectivity index (χ0) is 12.6. The number of carboxylic acid groups (broad SMARTS) is 1. The number of hydrogen-bond acceptors (Lipinski definition) is 5. The number of rotatable bonds is 3. The van der Waals surface area contributed by atoms with E-state index in [0.29, 0.717) is 5.95 Å². The van der Waals surface area contributed by atoms with E-state index in [1.807, 2.05) is 0 Å². The summed E-state index contributed by atoms with van der Waals surface area (Å²) in [5.74, 6) is -1.16. The summed E-state index contributed by atoms with van der Waals surface area (Å²) in [4.78, 5) is 24.6. The van der Waals surface area contributed by atoms with Crippen LogP contribution in [0.2, 0.25) is 0 Å². The first-order valence-electron chi connectivity index (χ1n) is 4.45. The Kier molecular flexibility index (Phi) is 2.35. The van der Waals surface area contributed by atoms with Gasteiger partial charge in [0.05, 0.1) is 4.92 Å². The fourth-order valence-electron chi connectivity index (χ4n) is 1.33. The highest BCUT2D eigenvalue weighted by Gasteiger charge is 2.26. The fourth-order valence-corrected chi connectivity index (χ4v) is 1.33. The quantitative estimate of drug-likeness (QED) is 0.602. The monoisotopic (exact) mass is 237 g/mol. The third-order valence-electron chi connectivity index (χ3n) is 2.09. The maximum absolute atomic E-state index is 10.8. The third kappa shape index (κ3) is 1.73. The number of carbonyl (C=O) groups is 1. The Morgan fingerprint density at radius 1 is 1.59 bits per heavy atom. The molecule has 0 aliphatic heterocycles. The van der Waals surface area contributed by atoms with Gasteiger partial charge in [0, 0.05) is 19.4 Å². The average molecular weight is 237 g/mol. The van der Waals surface area contributed by atoms with Crippen molar-refractivity contribution in [2.75, 3.05) is 0 Å². The lowest BCUT2D eigenvalue weighted by Crippen LogP contribution is -2.06. The van der Waals surface area contributed by atoms with Crippen molar-refractivity contribution in [2.24, 2.45) is 7.05 Å². The van der Waals surface area contributed by atoms with E-state index in [4.69, 9.17) is 5.11 Å². The van der Waals surface area contributed by atoms with Gasteiger partial charge in [-0.15, -0.1) is 0 Å². The van der Waals surface area contributed by atoms with Gasteiger partial charge in [-0.25, -0.2) is 9.78 Å². The Labute approximate surface area is 94.1 Å². The van der Waals surface area contributed by atoms with Crippen molar-refractivity contribution in [3.8, 4) is 5.95 Å². The molecule has 17 heavy (non-hydrogen) atoms. The molecule has 9 nitrogen and oxygen atoms in total. The molecule has 0 unspecified atom stereocenters. The van der Waals surface area contributed by atoms with Crippen LogP contribution in [0, 0.1) is 10.1 Å². The van der Waals surface area contributed by atoms with E-state index in [9.17, 15) is 14.9 Å². The van der Waals surface area contributed by atoms with Crippen molar-refractivity contribution in [3.05, 3.63) is 34.4 Å². The van der Waals surface area contributed by atoms with E-state index in [0.717, 1.165) is 10.9 Å². The maximum atomic E-state index is 10.8. The Balaban J connectivity index is 2.59. The molecule has 2 heterocycles. The van der Waals surface area contributed by atoms with Gasteiger partial charge < -0.3 is 9.67 Å². The van der Waals surface area contributed by atoms with Crippen LogP contribution in [0.1, 0.15) is 10.5 Å². The summed E-state index contributed by atoms with van der Waals surface area (Å²) in [5, 5.41) is 23.1. The fraction of sp³-hybridized carbons (Fsp3) is 0.125. The summed E-state index contributed by atoms with van der Waals surface area (Å²) in [6.07, 6.45) is 4.11. The van der Waals surface area contributed by atoms with Crippen molar-refractivity contribution in [2.45, 2.75) is 0 Å². The molecule has 0 fully saturated rings. The minimum Gasteiger partial charge on any atom is -0.476 e. The average Bonchev–Trinajstić information content (AvgIpc) is 2.82. The van der Waals surface area contributed by atoms with Crippen molar-refractivity contribution < 1.29 is 14.8 Å². The number of aromatic nitrogens is 4. The van der Waals surface area contributed by atoms with Crippen LogP contribution in [0.3, 0.4) is 0 Å². The molecule has 0 aliphatic carbocycles. The molecular formula is C8H7N5O4. The van der Waals surface area contributed by atoms with Gasteiger partial charge in [0.2, 0.25) is 11.6 Å². The molecule has 0 spiro atoms. The molecular weight excluding hydrogens is 230 g/mol. The lowest BCUT2D eigenvalue weighted by atomic mass is 10.4. The van der Waals surface area contributed by atoms with Crippen molar-refractivity contribution in [3.63, 3.8) is 0 Å². The number of imidazole rings is 1. The minimum absolute atomic E-state index is 0.292. The third-order valence-corrected chi connectivity index (χ3v) is 2.09. The van der Waals surface area contributed by atoms with Crippen LogP contribution in [0.25, 0.3) is 5.95 Å². The van der Waals surface area contributed by atoms with Gasteiger partial charge in [-0.3, -0.25) is 10.1 Å². The molecule has 2 rings (SSSR count). The second-order valence-corrected chi connectivity index (χ2v) is 3.21. The standard InChI is InChI=1S/C8H7N5O4/c1-11-3-2-9-8(11)12-4-5(13(16)17)6(10-12)7(14)15/h2-4H,1H3,(H,14,15). The predicted molar refractivity (Wildman–Crippen MR) is 53.9 cm³/mol. The van der Waals surface area contributed by atoms with Crippen LogP contribution in [-0.4, -0.2) is 35.3 Å². The zero-order valence-corrected chi connectivity index (χ0v) is 8.64. The van der Waals surface area contributed by atoms with E-state index < -0.39 is 22.3 Å². The molecule has 2 aromatic rings. The van der Waals surface area contributed by atoms with Crippen LogP contribution in [-0.2, 0) is 7.05 Å². The highest BCUT2D eigenvalue weighted by atomic mass is 16.6. The number of carboxylic acids is 1. The van der Waals surface area contributed by atoms with Crippen molar-refractivity contribution in [1.82, 2.24) is 19.3 Å². The minimum atomic E-state index is -1.45. The summed E-state index contributed by atoms with van der Waals surface area (Å²) in [7, 11) is 1.66. The molecule has 0 atom stereocenters. The predicted octanol–water partition coefficient (Wildman–Crippen LogP) is 0.212. The largest absolute Gasteiger partial charge is 0.476 e. The van der Waals surface area contributed by atoms with E-state index in [-0.39, 0.29) is 0 Å². The van der Waals surface area contributed by atoms with Crippen LogP contribution >= 0.6 is 0 Å². The van der Waals surface area contributed by atoms with E-state index in [1.54, 1.807) is 17.8 Å². The molecule has 0 saturated carbocycles. The summed E-state index contributed by atoms with van der Waals surface area (Å²) in [5.41, 5.74) is -1.18. The Bertz CT molecular complexity index is 567. The SMILES string of the molecule is Cn1ccnc1-n1cc([N+](=O)[O-])c(C(=O)O)n1. The number of nitro groups is 1. The first kappa shape index (κ1) is 10.8. The Morgan fingerprint density at radius 3 is 2.71 bits per heavy atom. The summed E-state index contributed by atoms with van der Waals surface area (Å²) in [6.45, 7) is 0. The molecule has 0 saturated heterocycles. The maximum Gasteiger partial charge on any atom is 0.363 e. The molecule has 0 bridgehead atoms. The summed E-state index contributed by atoms with van der Waals surface area (Å²) >= 11 is 0. The van der Waals surface area contributed by atoms with Crippen molar-refractivity contribution >= 4 is 11.7 Å². The molecule has 88 valence electrons. The molecule has 0 amide bonds. The molecule has 0 radical (unpaired) electrons. The first-order chi connectivity index (χ1) is 8.00.